The zero-order chi connectivity index (χ0) is 39.5. The fraction of sp³-hybridized carbons (Fsp3) is 0.256. The van der Waals surface area contributed by atoms with E-state index in [1.807, 2.05) is 45.0 Å². The maximum atomic E-state index is 13.7. The van der Waals surface area contributed by atoms with Gasteiger partial charge in [-0.2, -0.15) is 5.10 Å². The van der Waals surface area contributed by atoms with Crippen LogP contribution in [0.2, 0.25) is 10.0 Å². The lowest BCUT2D eigenvalue weighted by molar-refractivity contribution is -0.127. The SMILES string of the molecule is Cc1cc(OCc2ccccc2CNC(=O)Nc2cc(C(C)(C)C)nn2-c2ccc(O)c(Cl)c2)c(Cl)c(=O)n1-c1cc(C(N)=O)ccc1CC(=O)N(C)C. The number of hydrogen-bond acceptors (Lipinski definition) is 7. The number of pyridine rings is 1. The molecule has 0 aliphatic heterocycles. The summed E-state index contributed by atoms with van der Waals surface area (Å²) >= 11 is 12.8. The third-order valence-corrected chi connectivity index (χ3v) is 9.24. The predicted octanol–water partition coefficient (Wildman–Crippen LogP) is 6.27. The largest absolute Gasteiger partial charge is 0.506 e. The number of carbonyl (C=O) groups is 3. The van der Waals surface area contributed by atoms with Crippen LogP contribution in [-0.4, -0.2) is 56.3 Å². The second kappa shape index (κ2) is 16.1. The first-order valence-electron chi connectivity index (χ1n) is 16.8. The Labute approximate surface area is 322 Å². The number of carbonyl (C=O) groups excluding carboxylic acids is 3. The van der Waals surface area contributed by atoms with Crippen LogP contribution < -0.4 is 26.7 Å². The Morgan fingerprint density at radius 3 is 2.31 bits per heavy atom. The van der Waals surface area contributed by atoms with Crippen molar-refractivity contribution in [1.29, 1.82) is 0 Å². The smallest absolute Gasteiger partial charge is 0.320 e. The minimum atomic E-state index is -0.690. The number of aromatic nitrogens is 3. The molecule has 5 rings (SSSR count). The number of phenols is 1. The van der Waals surface area contributed by atoms with E-state index in [1.165, 1.54) is 27.7 Å². The van der Waals surface area contributed by atoms with Crippen LogP contribution in [-0.2, 0) is 29.8 Å². The number of aromatic hydroxyl groups is 1. The van der Waals surface area contributed by atoms with Crippen LogP contribution in [0, 0.1) is 6.92 Å². The number of likely N-dealkylation sites (N-methyl/N-ethyl adjacent to an activating group) is 1. The van der Waals surface area contributed by atoms with Gasteiger partial charge in [0.25, 0.3) is 5.56 Å². The molecule has 0 saturated carbocycles. The van der Waals surface area contributed by atoms with E-state index >= 15 is 0 Å². The fourth-order valence-electron chi connectivity index (χ4n) is 5.50. The zero-order valence-corrected chi connectivity index (χ0v) is 32.2. The summed E-state index contributed by atoms with van der Waals surface area (Å²) in [4.78, 5) is 53.0. The summed E-state index contributed by atoms with van der Waals surface area (Å²) in [6.07, 6.45) is -0.0269. The molecule has 3 aromatic carbocycles. The molecule has 0 atom stereocenters. The number of phenolic OH excluding ortho intramolecular Hbond substituents is 1. The molecule has 5 aromatic rings. The molecule has 2 heterocycles. The lowest BCUT2D eigenvalue weighted by atomic mass is 9.92. The van der Waals surface area contributed by atoms with Crippen molar-refractivity contribution in [3.05, 3.63) is 127 Å². The highest BCUT2D eigenvalue weighted by atomic mass is 35.5. The van der Waals surface area contributed by atoms with Crippen molar-refractivity contribution in [1.82, 2.24) is 24.6 Å². The van der Waals surface area contributed by atoms with Gasteiger partial charge in [-0.25, -0.2) is 9.48 Å². The van der Waals surface area contributed by atoms with Crippen LogP contribution in [0.4, 0.5) is 10.6 Å². The van der Waals surface area contributed by atoms with Crippen molar-refractivity contribution in [2.24, 2.45) is 5.73 Å². The summed E-state index contributed by atoms with van der Waals surface area (Å²) in [6, 6.07) is 19.4. The Morgan fingerprint density at radius 1 is 0.963 bits per heavy atom. The maximum Gasteiger partial charge on any atom is 0.320 e. The van der Waals surface area contributed by atoms with Crippen LogP contribution in [0.5, 0.6) is 11.5 Å². The Bertz CT molecular complexity index is 2310. The van der Waals surface area contributed by atoms with Crippen LogP contribution >= 0.6 is 23.2 Å². The van der Waals surface area contributed by atoms with Crippen LogP contribution in [0.1, 0.15) is 59.2 Å². The molecule has 0 bridgehead atoms. The van der Waals surface area contributed by atoms with Crippen molar-refractivity contribution in [3.63, 3.8) is 0 Å². The number of halogens is 2. The Balaban J connectivity index is 1.34. The number of ether oxygens (including phenoxy) is 1. The molecule has 0 aliphatic rings. The number of nitrogens with zero attached hydrogens (tertiary/aromatic N) is 4. The van der Waals surface area contributed by atoms with Gasteiger partial charge in [-0.1, -0.05) is 74.3 Å². The van der Waals surface area contributed by atoms with E-state index in [-0.39, 0.29) is 58.0 Å². The fourth-order valence-corrected chi connectivity index (χ4v) is 5.87. The highest BCUT2D eigenvalue weighted by Gasteiger charge is 2.23. The van der Waals surface area contributed by atoms with Crippen molar-refractivity contribution < 1.29 is 24.2 Å². The van der Waals surface area contributed by atoms with Gasteiger partial charge in [-0.3, -0.25) is 24.3 Å². The molecule has 0 saturated heterocycles. The van der Waals surface area contributed by atoms with Crippen molar-refractivity contribution >= 4 is 46.9 Å². The van der Waals surface area contributed by atoms with Crippen molar-refractivity contribution in [2.75, 3.05) is 19.4 Å². The molecule has 2 aromatic heterocycles. The second-order valence-electron chi connectivity index (χ2n) is 13.9. The van der Waals surface area contributed by atoms with Gasteiger partial charge in [0.15, 0.2) is 0 Å². The van der Waals surface area contributed by atoms with Gasteiger partial charge < -0.3 is 25.8 Å². The normalized spacial score (nSPS) is 11.3. The van der Waals surface area contributed by atoms with E-state index in [4.69, 9.17) is 33.7 Å². The number of nitrogens with one attached hydrogen (secondary N) is 2. The summed E-state index contributed by atoms with van der Waals surface area (Å²) in [5.41, 5.74) is 8.76. The molecule has 0 aliphatic carbocycles. The predicted molar refractivity (Wildman–Crippen MR) is 208 cm³/mol. The molecule has 13 nitrogen and oxygen atoms in total. The Hall–Kier alpha value is -5.79. The molecule has 0 spiro atoms. The molecule has 0 radical (unpaired) electrons. The first kappa shape index (κ1) is 39.4. The number of amides is 4. The minimum Gasteiger partial charge on any atom is -0.506 e. The number of hydrogen-bond donors (Lipinski definition) is 4. The molecular formula is C39H41Cl2N7O6. The molecule has 0 fully saturated rings. The molecule has 282 valence electrons. The number of rotatable bonds is 11. The van der Waals surface area contributed by atoms with Gasteiger partial charge in [0.05, 0.1) is 28.5 Å². The average Bonchev–Trinajstić information content (AvgIpc) is 3.54. The Kier molecular flexibility index (Phi) is 11.7. The van der Waals surface area contributed by atoms with Gasteiger partial charge in [-0.15, -0.1) is 0 Å². The lowest BCUT2D eigenvalue weighted by Gasteiger charge is -2.19. The summed E-state index contributed by atoms with van der Waals surface area (Å²) in [5.74, 6) is -0.439. The monoisotopic (exact) mass is 773 g/mol. The van der Waals surface area contributed by atoms with Gasteiger partial charge >= 0.3 is 6.03 Å². The number of benzene rings is 3. The number of anilines is 1. The second-order valence-corrected chi connectivity index (χ2v) is 14.6. The lowest BCUT2D eigenvalue weighted by Crippen LogP contribution is -2.29. The van der Waals surface area contributed by atoms with E-state index in [1.54, 1.807) is 56.0 Å². The van der Waals surface area contributed by atoms with Gasteiger partial charge in [0.2, 0.25) is 11.8 Å². The molecule has 5 N–H and O–H groups in total. The summed E-state index contributed by atoms with van der Waals surface area (Å²) in [7, 11) is 3.25. The van der Waals surface area contributed by atoms with E-state index in [9.17, 15) is 24.3 Å². The van der Waals surface area contributed by atoms with Gasteiger partial charge in [0.1, 0.15) is 28.9 Å². The number of primary amides is 1. The van der Waals surface area contributed by atoms with Crippen molar-refractivity contribution in [3.8, 4) is 22.9 Å². The summed E-state index contributed by atoms with van der Waals surface area (Å²) in [6.45, 7) is 7.84. The number of nitrogens with two attached hydrogens (primary N) is 1. The van der Waals surface area contributed by atoms with Gasteiger partial charge in [-0.05, 0) is 53.9 Å². The van der Waals surface area contributed by atoms with Crippen LogP contribution in [0.3, 0.4) is 0 Å². The zero-order valence-electron chi connectivity index (χ0n) is 30.7. The number of aryl methyl sites for hydroxylation is 1. The third kappa shape index (κ3) is 8.87. The minimum absolute atomic E-state index is 0.0190. The summed E-state index contributed by atoms with van der Waals surface area (Å²) in [5, 5.41) is 20.3. The van der Waals surface area contributed by atoms with Crippen molar-refractivity contribution in [2.45, 2.75) is 52.7 Å². The average molecular weight is 775 g/mol. The van der Waals surface area contributed by atoms with E-state index in [0.29, 0.717) is 28.5 Å². The maximum absolute atomic E-state index is 13.7. The first-order valence-corrected chi connectivity index (χ1v) is 17.6. The molecular weight excluding hydrogens is 733 g/mol. The van der Waals surface area contributed by atoms with Crippen LogP contribution in [0.15, 0.2) is 77.6 Å². The number of urea groups is 1. The topological polar surface area (TPSA) is 174 Å². The highest BCUT2D eigenvalue weighted by Crippen LogP contribution is 2.31. The standard InChI is InChI=1S/C39H41Cl2N7O6/c1-22-15-31(35(41)37(52)47(22)29-16-24(36(42)51)12-11-23(29)17-34(50)46(5)6)54-21-26-10-8-7-9-25(26)20-43-38(53)44-33-19-32(39(2,3)4)45-48(33)27-13-14-30(49)28(40)18-27/h7-16,18-19,49H,17,20-21H2,1-6H3,(H2,42,51)(H2,43,44,53). The van der Waals surface area contributed by atoms with E-state index < -0.39 is 17.5 Å². The summed E-state index contributed by atoms with van der Waals surface area (Å²) < 4.78 is 8.94. The molecule has 0 unspecified atom stereocenters. The first-order chi connectivity index (χ1) is 25.4. The van der Waals surface area contributed by atoms with E-state index in [0.717, 1.165) is 16.8 Å². The Morgan fingerprint density at radius 2 is 1.67 bits per heavy atom. The molecule has 4 amide bonds. The molecule has 54 heavy (non-hydrogen) atoms. The highest BCUT2D eigenvalue weighted by molar-refractivity contribution is 6.32. The van der Waals surface area contributed by atoms with E-state index in [2.05, 4.69) is 15.7 Å². The molecule has 15 heteroatoms. The van der Waals surface area contributed by atoms with Gasteiger partial charge in [0, 0.05) is 49.4 Å². The quantitative estimate of drug-likeness (QED) is 0.122. The van der Waals surface area contributed by atoms with Crippen LogP contribution in [0.25, 0.3) is 11.4 Å². The third-order valence-electron chi connectivity index (χ3n) is 8.59.